The van der Waals surface area contributed by atoms with Crippen LogP contribution in [0.3, 0.4) is 0 Å². The number of fused-ring (bicyclic) bond motifs is 1. The highest BCUT2D eigenvalue weighted by molar-refractivity contribution is 5.87. The van der Waals surface area contributed by atoms with E-state index in [0.717, 1.165) is 0 Å². The molecule has 0 radical (unpaired) electrons. The van der Waals surface area contributed by atoms with Crippen molar-refractivity contribution in [1.29, 1.82) is 0 Å². The summed E-state index contributed by atoms with van der Waals surface area (Å²) in [6, 6.07) is 0. The lowest BCUT2D eigenvalue weighted by molar-refractivity contribution is -0.142. The van der Waals surface area contributed by atoms with E-state index in [1.807, 2.05) is 20.8 Å². The smallest absolute Gasteiger partial charge is 0.308 e. The largest absolute Gasteiger partial charge is 0.481 e. The third-order valence-corrected chi connectivity index (χ3v) is 3.17. The molecule has 0 bridgehead atoms. The van der Waals surface area contributed by atoms with Crippen LogP contribution in [0.15, 0.2) is 10.9 Å². The second kappa shape index (κ2) is 5.67. The Morgan fingerprint density at radius 2 is 2.14 bits per heavy atom. The molecular weight excluding hydrogens is 272 g/mol. The van der Waals surface area contributed by atoms with Crippen molar-refractivity contribution in [2.45, 2.75) is 34.1 Å². The number of rotatable bonds is 5. The summed E-state index contributed by atoms with van der Waals surface area (Å²) in [4.78, 5) is 19.5. The number of carboxylic acid groups (broad SMARTS) is 1. The van der Waals surface area contributed by atoms with E-state index in [1.54, 1.807) is 6.92 Å². The molecule has 2 aromatic rings. The number of hydrogen-bond donors (Lipinski definition) is 2. The molecule has 0 saturated heterocycles. The summed E-state index contributed by atoms with van der Waals surface area (Å²) < 4.78 is 5.07. The Morgan fingerprint density at radius 1 is 1.43 bits per heavy atom. The van der Waals surface area contributed by atoms with Crippen LogP contribution < -0.4 is 5.32 Å². The number of carbonyl (C=O) groups is 1. The fourth-order valence-electron chi connectivity index (χ4n) is 2.26. The predicted molar refractivity (Wildman–Crippen MR) is 78.0 cm³/mol. The van der Waals surface area contributed by atoms with Crippen LogP contribution in [-0.4, -0.2) is 32.7 Å². The molecule has 2 heterocycles. The van der Waals surface area contributed by atoms with Crippen molar-refractivity contribution in [3.05, 3.63) is 12.0 Å². The Balaban J connectivity index is 2.16. The van der Waals surface area contributed by atoms with Crippen LogP contribution in [0.5, 0.6) is 0 Å². The third-order valence-electron chi connectivity index (χ3n) is 3.17. The lowest BCUT2D eigenvalue weighted by atomic mass is 9.84. The Morgan fingerprint density at radius 3 is 2.76 bits per heavy atom. The van der Waals surface area contributed by atoms with E-state index >= 15 is 0 Å². The minimum atomic E-state index is -0.815. The van der Waals surface area contributed by atoms with Gasteiger partial charge in [0.1, 0.15) is 17.5 Å². The third kappa shape index (κ3) is 3.68. The van der Waals surface area contributed by atoms with Crippen LogP contribution in [0, 0.1) is 18.3 Å². The van der Waals surface area contributed by atoms with Crippen LogP contribution in [0.1, 0.15) is 32.9 Å². The first-order valence-corrected chi connectivity index (χ1v) is 6.81. The normalized spacial score (nSPS) is 13.3. The van der Waals surface area contributed by atoms with Gasteiger partial charge in [0, 0.05) is 6.54 Å². The summed E-state index contributed by atoms with van der Waals surface area (Å²) in [5.74, 6) is -0.751. The zero-order valence-corrected chi connectivity index (χ0v) is 12.7. The quantitative estimate of drug-likeness (QED) is 0.872. The Hall–Kier alpha value is -2.18. The Kier molecular flexibility index (Phi) is 4.11. The van der Waals surface area contributed by atoms with Crippen molar-refractivity contribution in [3.63, 3.8) is 0 Å². The van der Waals surface area contributed by atoms with E-state index in [1.165, 1.54) is 6.33 Å². The van der Waals surface area contributed by atoms with Crippen LogP contribution in [0.4, 0.5) is 5.82 Å². The number of aliphatic carboxylic acids is 1. The van der Waals surface area contributed by atoms with E-state index in [2.05, 4.69) is 20.4 Å². The molecule has 0 fully saturated rings. The number of aryl methyl sites for hydroxylation is 1. The monoisotopic (exact) mass is 292 g/mol. The lowest BCUT2D eigenvalue weighted by Gasteiger charge is -2.23. The first-order chi connectivity index (χ1) is 9.78. The number of anilines is 1. The van der Waals surface area contributed by atoms with Gasteiger partial charge in [0.15, 0.2) is 0 Å². The minimum Gasteiger partial charge on any atom is -0.481 e. The van der Waals surface area contributed by atoms with Gasteiger partial charge in [-0.1, -0.05) is 25.9 Å². The zero-order chi connectivity index (χ0) is 15.6. The molecule has 0 aliphatic rings. The second-order valence-electron chi connectivity index (χ2n) is 6.35. The molecule has 114 valence electrons. The van der Waals surface area contributed by atoms with Crippen molar-refractivity contribution < 1.29 is 14.4 Å². The molecule has 1 atom stereocenters. The topological polar surface area (TPSA) is 101 Å². The van der Waals surface area contributed by atoms with Gasteiger partial charge < -0.3 is 14.9 Å². The van der Waals surface area contributed by atoms with Crippen LogP contribution in [0.2, 0.25) is 0 Å². The van der Waals surface area contributed by atoms with Gasteiger partial charge in [-0.3, -0.25) is 4.79 Å². The molecule has 0 aliphatic carbocycles. The number of nitrogens with one attached hydrogen (secondary N) is 1. The minimum absolute atomic E-state index is 0.0567. The van der Waals surface area contributed by atoms with Gasteiger partial charge in [0.2, 0.25) is 0 Å². The molecule has 21 heavy (non-hydrogen) atoms. The summed E-state index contributed by atoms with van der Waals surface area (Å²) in [6.07, 6.45) is 1.95. The first kappa shape index (κ1) is 15.2. The van der Waals surface area contributed by atoms with Crippen molar-refractivity contribution in [3.8, 4) is 0 Å². The van der Waals surface area contributed by atoms with E-state index < -0.39 is 11.9 Å². The van der Waals surface area contributed by atoms with Crippen LogP contribution in [0.25, 0.3) is 11.1 Å². The maximum absolute atomic E-state index is 11.4. The van der Waals surface area contributed by atoms with E-state index in [9.17, 15) is 9.90 Å². The predicted octanol–water partition coefficient (Wildman–Crippen LogP) is 2.48. The molecular formula is C14H20N4O3. The fraction of sp³-hybridized carbons (Fsp3) is 0.571. The van der Waals surface area contributed by atoms with Gasteiger partial charge in [-0.25, -0.2) is 4.98 Å². The summed E-state index contributed by atoms with van der Waals surface area (Å²) in [5.41, 5.74) is 1.02. The van der Waals surface area contributed by atoms with E-state index in [0.29, 0.717) is 35.6 Å². The molecule has 0 aromatic carbocycles. The van der Waals surface area contributed by atoms with Crippen molar-refractivity contribution >= 4 is 22.9 Å². The first-order valence-electron chi connectivity index (χ1n) is 6.81. The molecule has 0 spiro atoms. The zero-order valence-electron chi connectivity index (χ0n) is 12.7. The average Bonchev–Trinajstić information content (AvgIpc) is 2.75. The maximum atomic E-state index is 11.4. The number of carboxylic acids is 1. The molecule has 0 amide bonds. The number of nitrogens with zero attached hydrogens (tertiary/aromatic N) is 3. The van der Waals surface area contributed by atoms with Crippen LogP contribution >= 0.6 is 0 Å². The van der Waals surface area contributed by atoms with Gasteiger partial charge >= 0.3 is 5.97 Å². The molecule has 0 aliphatic heterocycles. The van der Waals surface area contributed by atoms with E-state index in [-0.39, 0.29) is 5.41 Å². The molecule has 7 nitrogen and oxygen atoms in total. The average molecular weight is 292 g/mol. The maximum Gasteiger partial charge on any atom is 0.308 e. The molecule has 7 heteroatoms. The summed E-state index contributed by atoms with van der Waals surface area (Å²) in [7, 11) is 0. The van der Waals surface area contributed by atoms with Gasteiger partial charge in [-0.2, -0.15) is 4.98 Å². The lowest BCUT2D eigenvalue weighted by Crippen LogP contribution is -2.27. The van der Waals surface area contributed by atoms with Gasteiger partial charge in [-0.05, 0) is 18.8 Å². The molecule has 2 N–H and O–H groups in total. The SMILES string of the molecule is Cc1noc2ncnc(NCC(CC(C)(C)C)C(=O)O)c12. The highest BCUT2D eigenvalue weighted by Gasteiger charge is 2.25. The summed E-state index contributed by atoms with van der Waals surface area (Å²) >= 11 is 0. The molecule has 2 rings (SSSR count). The van der Waals surface area contributed by atoms with Gasteiger partial charge in [0.05, 0.1) is 11.6 Å². The van der Waals surface area contributed by atoms with Crippen molar-refractivity contribution in [1.82, 2.24) is 15.1 Å². The Bertz CT molecular complexity index is 645. The molecule has 2 aromatic heterocycles. The summed E-state index contributed by atoms with van der Waals surface area (Å²) in [6.45, 7) is 8.16. The highest BCUT2D eigenvalue weighted by Crippen LogP contribution is 2.26. The molecule has 1 unspecified atom stereocenters. The summed E-state index contributed by atoms with van der Waals surface area (Å²) in [5, 5.41) is 17.0. The van der Waals surface area contributed by atoms with Gasteiger partial charge in [0.25, 0.3) is 5.71 Å². The number of aromatic nitrogens is 3. The van der Waals surface area contributed by atoms with Crippen molar-refractivity contribution in [2.75, 3.05) is 11.9 Å². The molecule has 0 saturated carbocycles. The van der Waals surface area contributed by atoms with E-state index in [4.69, 9.17) is 4.52 Å². The van der Waals surface area contributed by atoms with Crippen LogP contribution in [-0.2, 0) is 4.79 Å². The second-order valence-corrected chi connectivity index (χ2v) is 6.35. The van der Waals surface area contributed by atoms with Gasteiger partial charge in [-0.15, -0.1) is 0 Å². The number of hydrogen-bond acceptors (Lipinski definition) is 6. The standard InChI is InChI=1S/C14H20N4O3/c1-8-10-11(16-7-17-12(10)21-18-8)15-6-9(13(19)20)5-14(2,3)4/h7,9H,5-6H2,1-4H3,(H,19,20)(H,15,16,17). The Labute approximate surface area is 122 Å². The fourth-order valence-corrected chi connectivity index (χ4v) is 2.26. The van der Waals surface area contributed by atoms with Crippen molar-refractivity contribution in [2.24, 2.45) is 11.3 Å². The highest BCUT2D eigenvalue weighted by atomic mass is 16.5.